The first-order valence-corrected chi connectivity index (χ1v) is 5.73. The molecule has 18 heavy (non-hydrogen) atoms. The smallest absolute Gasteiger partial charge is 0.238 e. The van der Waals surface area contributed by atoms with Crippen molar-refractivity contribution >= 4 is 0 Å². The van der Waals surface area contributed by atoms with E-state index < -0.39 is 0 Å². The summed E-state index contributed by atoms with van der Waals surface area (Å²) in [6.45, 7) is 3.50. The van der Waals surface area contributed by atoms with E-state index in [0.29, 0.717) is 18.2 Å². The maximum Gasteiger partial charge on any atom is 0.238 e. The Morgan fingerprint density at radius 1 is 1.33 bits per heavy atom. The molecule has 4 nitrogen and oxygen atoms in total. The molecule has 0 saturated carbocycles. The van der Waals surface area contributed by atoms with Gasteiger partial charge in [0.15, 0.2) is 0 Å². The highest BCUT2D eigenvalue weighted by Gasteiger charge is 2.02. The highest BCUT2D eigenvalue weighted by molar-refractivity contribution is 5.26. The van der Waals surface area contributed by atoms with Gasteiger partial charge in [0.2, 0.25) is 5.88 Å². The van der Waals surface area contributed by atoms with Crippen molar-refractivity contribution in [3.63, 3.8) is 0 Å². The first-order valence-electron chi connectivity index (χ1n) is 5.73. The first kappa shape index (κ1) is 12.4. The molecule has 1 aromatic heterocycles. The Labute approximate surface area is 105 Å². The monoisotopic (exact) mass is 247 g/mol. The third-order valence-electron chi connectivity index (χ3n) is 2.24. The van der Waals surface area contributed by atoms with Gasteiger partial charge in [-0.2, -0.15) is 0 Å². The normalized spacial score (nSPS) is 10.3. The second-order valence-corrected chi connectivity index (χ2v) is 3.69. The fourth-order valence-corrected chi connectivity index (χ4v) is 1.42. The first-order chi connectivity index (χ1) is 8.78. The fraction of sp³-hybridized carbons (Fsp3) is 0.231. The van der Waals surface area contributed by atoms with Gasteiger partial charge in [0.05, 0.1) is 11.9 Å². The van der Waals surface area contributed by atoms with Crippen molar-refractivity contribution in [2.45, 2.75) is 13.5 Å². The summed E-state index contributed by atoms with van der Waals surface area (Å²) in [5.41, 5.74) is 0.783. The molecule has 0 unspecified atom stereocenters. The molecule has 0 atom stereocenters. The van der Waals surface area contributed by atoms with Crippen LogP contribution in [-0.2, 0) is 6.54 Å². The van der Waals surface area contributed by atoms with Gasteiger partial charge >= 0.3 is 0 Å². The highest BCUT2D eigenvalue weighted by Crippen LogP contribution is 2.19. The number of hydrogen-bond donors (Lipinski definition) is 1. The molecule has 2 rings (SSSR count). The van der Waals surface area contributed by atoms with Gasteiger partial charge in [-0.25, -0.2) is 9.37 Å². The molecule has 0 radical (unpaired) electrons. The zero-order valence-corrected chi connectivity index (χ0v) is 10.1. The van der Waals surface area contributed by atoms with Crippen LogP contribution in [0.15, 0.2) is 36.7 Å². The van der Waals surface area contributed by atoms with E-state index in [9.17, 15) is 4.39 Å². The number of aromatic nitrogens is 2. The van der Waals surface area contributed by atoms with Crippen LogP contribution in [0.25, 0.3) is 0 Å². The van der Waals surface area contributed by atoms with E-state index in [4.69, 9.17) is 4.74 Å². The minimum atomic E-state index is -0.343. The van der Waals surface area contributed by atoms with E-state index in [2.05, 4.69) is 15.3 Å². The molecule has 2 aromatic rings. The summed E-state index contributed by atoms with van der Waals surface area (Å²) >= 11 is 0. The van der Waals surface area contributed by atoms with E-state index in [-0.39, 0.29) is 5.82 Å². The number of benzene rings is 1. The van der Waals surface area contributed by atoms with Gasteiger partial charge in [-0.1, -0.05) is 13.0 Å². The lowest BCUT2D eigenvalue weighted by Crippen LogP contribution is -2.13. The lowest BCUT2D eigenvalue weighted by molar-refractivity contribution is 0.452. The lowest BCUT2D eigenvalue weighted by atomic mass is 10.3. The Morgan fingerprint density at radius 2 is 2.22 bits per heavy atom. The molecule has 0 aliphatic heterocycles. The van der Waals surface area contributed by atoms with Crippen molar-refractivity contribution < 1.29 is 9.13 Å². The Hall–Kier alpha value is -2.01. The molecule has 0 amide bonds. The fourth-order valence-electron chi connectivity index (χ4n) is 1.42. The summed E-state index contributed by atoms with van der Waals surface area (Å²) in [6, 6.07) is 5.92. The van der Waals surface area contributed by atoms with Gasteiger partial charge in [-0.3, -0.25) is 4.98 Å². The molecule has 0 spiro atoms. The second-order valence-electron chi connectivity index (χ2n) is 3.69. The van der Waals surface area contributed by atoms with Gasteiger partial charge in [0, 0.05) is 18.8 Å². The second kappa shape index (κ2) is 6.07. The number of hydrogen-bond acceptors (Lipinski definition) is 4. The Balaban J connectivity index is 2.09. The quantitative estimate of drug-likeness (QED) is 0.882. The van der Waals surface area contributed by atoms with Crippen LogP contribution in [-0.4, -0.2) is 16.5 Å². The predicted molar refractivity (Wildman–Crippen MR) is 65.9 cm³/mol. The van der Waals surface area contributed by atoms with Crippen LogP contribution in [0.3, 0.4) is 0 Å². The maximum atomic E-state index is 13.0. The molecular weight excluding hydrogens is 233 g/mol. The van der Waals surface area contributed by atoms with Gasteiger partial charge < -0.3 is 10.1 Å². The maximum absolute atomic E-state index is 13.0. The van der Waals surface area contributed by atoms with Crippen LogP contribution < -0.4 is 10.1 Å². The molecule has 0 aliphatic carbocycles. The van der Waals surface area contributed by atoms with E-state index in [0.717, 1.165) is 12.2 Å². The number of ether oxygens (including phenoxy) is 1. The largest absolute Gasteiger partial charge is 0.437 e. The average Bonchev–Trinajstić information content (AvgIpc) is 2.37. The predicted octanol–water partition coefficient (Wildman–Crippen LogP) is 2.52. The third kappa shape index (κ3) is 3.49. The summed E-state index contributed by atoms with van der Waals surface area (Å²) in [4.78, 5) is 8.30. The summed E-state index contributed by atoms with van der Waals surface area (Å²) in [5.74, 6) is 0.421. The molecule has 0 bridgehead atoms. The molecular formula is C13H14FN3O. The van der Waals surface area contributed by atoms with Gasteiger partial charge in [-0.15, -0.1) is 0 Å². The summed E-state index contributed by atoms with van der Waals surface area (Å²) in [6.07, 6.45) is 3.17. The molecule has 1 N–H and O–H groups in total. The number of nitrogens with one attached hydrogen (secondary N) is 1. The number of rotatable bonds is 5. The molecule has 5 heteroatoms. The molecule has 94 valence electrons. The Kier molecular flexibility index (Phi) is 4.20. The summed E-state index contributed by atoms with van der Waals surface area (Å²) < 4.78 is 18.4. The number of halogens is 1. The van der Waals surface area contributed by atoms with Crippen molar-refractivity contribution in [1.82, 2.24) is 15.3 Å². The Morgan fingerprint density at radius 3 is 3.00 bits per heavy atom. The average molecular weight is 247 g/mol. The molecule has 1 aromatic carbocycles. The standard InChI is InChI=1S/C13H14FN3O/c1-2-15-7-11-8-16-9-13(17-11)18-12-5-3-4-10(14)6-12/h3-6,8-9,15H,2,7H2,1H3. The van der Waals surface area contributed by atoms with Crippen molar-refractivity contribution in [1.29, 1.82) is 0 Å². The van der Waals surface area contributed by atoms with E-state index in [1.807, 2.05) is 6.92 Å². The van der Waals surface area contributed by atoms with Gasteiger partial charge in [0.1, 0.15) is 11.6 Å². The summed E-state index contributed by atoms with van der Waals surface area (Å²) in [7, 11) is 0. The highest BCUT2D eigenvalue weighted by atomic mass is 19.1. The van der Waals surface area contributed by atoms with Crippen molar-refractivity contribution in [2.75, 3.05) is 6.54 Å². The molecule has 0 saturated heterocycles. The Bertz CT molecular complexity index is 519. The van der Waals surface area contributed by atoms with Crippen LogP contribution in [0.4, 0.5) is 4.39 Å². The van der Waals surface area contributed by atoms with Crippen LogP contribution >= 0.6 is 0 Å². The SMILES string of the molecule is CCNCc1cncc(Oc2cccc(F)c2)n1. The topological polar surface area (TPSA) is 47.0 Å². The lowest BCUT2D eigenvalue weighted by Gasteiger charge is -2.06. The molecule has 1 heterocycles. The summed E-state index contributed by atoms with van der Waals surface area (Å²) in [5, 5.41) is 3.15. The van der Waals surface area contributed by atoms with Crippen LogP contribution in [0.2, 0.25) is 0 Å². The van der Waals surface area contributed by atoms with Crippen molar-refractivity contribution in [2.24, 2.45) is 0 Å². The van der Waals surface area contributed by atoms with Crippen molar-refractivity contribution in [3.05, 3.63) is 48.2 Å². The number of nitrogens with zero attached hydrogens (tertiary/aromatic N) is 2. The van der Waals surface area contributed by atoms with E-state index in [1.54, 1.807) is 18.3 Å². The zero-order chi connectivity index (χ0) is 12.8. The van der Waals surface area contributed by atoms with E-state index >= 15 is 0 Å². The van der Waals surface area contributed by atoms with Crippen molar-refractivity contribution in [3.8, 4) is 11.6 Å². The third-order valence-corrected chi connectivity index (χ3v) is 2.24. The zero-order valence-electron chi connectivity index (χ0n) is 10.1. The van der Waals surface area contributed by atoms with Crippen LogP contribution in [0, 0.1) is 5.82 Å². The van der Waals surface area contributed by atoms with Gasteiger partial charge in [0.25, 0.3) is 0 Å². The molecule has 0 aliphatic rings. The van der Waals surface area contributed by atoms with Gasteiger partial charge in [-0.05, 0) is 18.7 Å². The van der Waals surface area contributed by atoms with Crippen LogP contribution in [0.5, 0.6) is 11.6 Å². The van der Waals surface area contributed by atoms with Crippen LogP contribution in [0.1, 0.15) is 12.6 Å². The minimum Gasteiger partial charge on any atom is -0.437 e. The molecule has 0 fully saturated rings. The minimum absolute atomic E-state index is 0.343. The van der Waals surface area contributed by atoms with E-state index in [1.165, 1.54) is 18.3 Å².